The van der Waals surface area contributed by atoms with E-state index in [1.807, 2.05) is 0 Å². The molecule has 0 fully saturated rings. The molecule has 0 aromatic rings. The van der Waals surface area contributed by atoms with Gasteiger partial charge in [0.2, 0.25) is 0 Å². The van der Waals surface area contributed by atoms with Crippen LogP contribution in [0.1, 0.15) is 6.92 Å². The Hall–Kier alpha value is 0.430. The van der Waals surface area contributed by atoms with Crippen molar-refractivity contribution in [1.29, 1.82) is 0 Å². The molecule has 1 unspecified atom stereocenters. The lowest BCUT2D eigenvalue weighted by Crippen LogP contribution is -2.16. The molecule has 0 aromatic heterocycles. The summed E-state index contributed by atoms with van der Waals surface area (Å²) >= 11 is 6.23. The average Bonchev–Trinajstić information content (AvgIpc) is 1.87. The lowest BCUT2D eigenvalue weighted by Gasteiger charge is -2.02. The number of esters is 1. The molecule has 2 nitrogen and oxygen atoms in total. The van der Waals surface area contributed by atoms with Gasteiger partial charge in [0.1, 0.15) is 11.4 Å². The van der Waals surface area contributed by atoms with Gasteiger partial charge in [0.15, 0.2) is 0 Å². The van der Waals surface area contributed by atoms with Crippen molar-refractivity contribution < 1.29 is 9.53 Å². The van der Waals surface area contributed by atoms with E-state index in [0.29, 0.717) is 5.33 Å². The number of alkyl halides is 2. The summed E-state index contributed by atoms with van der Waals surface area (Å²) in [5.74, 6) is -0.269. The first kappa shape index (κ1) is 9.43. The van der Waals surface area contributed by atoms with Crippen molar-refractivity contribution in [3.8, 4) is 0 Å². The molecule has 0 aromatic carbocycles. The molecule has 0 heterocycles. The Morgan fingerprint density at radius 3 is 2.78 bits per heavy atom. The molecule has 0 saturated carbocycles. The minimum Gasteiger partial charge on any atom is -0.458 e. The van der Waals surface area contributed by atoms with Crippen LogP contribution in [0.3, 0.4) is 0 Å². The number of carbonyl (C=O) groups excluding carboxylic acids is 1. The van der Waals surface area contributed by atoms with E-state index in [2.05, 4.69) is 36.6 Å². The van der Waals surface area contributed by atoms with Crippen LogP contribution in [0.4, 0.5) is 0 Å². The Balaban J connectivity index is 3.46. The van der Waals surface area contributed by atoms with Crippen LogP contribution in [0.25, 0.3) is 0 Å². The van der Waals surface area contributed by atoms with E-state index in [4.69, 9.17) is 0 Å². The van der Waals surface area contributed by atoms with Gasteiger partial charge in [0.25, 0.3) is 0 Å². The van der Waals surface area contributed by atoms with E-state index < -0.39 is 0 Å². The fraction of sp³-hybridized carbons (Fsp3) is 0.600. The quantitative estimate of drug-likeness (QED) is 0.571. The van der Waals surface area contributed by atoms with Crippen LogP contribution in [-0.2, 0) is 9.53 Å². The molecule has 0 spiro atoms. The minimum atomic E-state index is -0.269. The lowest BCUT2D eigenvalue weighted by molar-refractivity contribution is -0.138. The molecule has 0 saturated heterocycles. The molecule has 0 rings (SSSR count). The predicted octanol–water partition coefficient (Wildman–Crippen LogP) is 1.87. The Labute approximate surface area is 71.2 Å². The second-order valence-corrected chi connectivity index (χ2v) is 3.05. The Morgan fingerprint density at radius 2 is 2.44 bits per heavy atom. The number of halogens is 2. The zero-order chi connectivity index (χ0) is 7.28. The van der Waals surface area contributed by atoms with Crippen molar-refractivity contribution in [3.63, 3.8) is 0 Å². The van der Waals surface area contributed by atoms with Gasteiger partial charge in [0, 0.05) is 5.33 Å². The van der Waals surface area contributed by atoms with E-state index in [1.54, 1.807) is 6.92 Å². The molecule has 0 aliphatic heterocycles. The van der Waals surface area contributed by atoms with Crippen LogP contribution < -0.4 is 0 Å². The molecule has 53 valence electrons. The molecular weight excluding hydrogens is 252 g/mol. The van der Waals surface area contributed by atoms with Gasteiger partial charge in [0.05, 0.1) is 0 Å². The van der Waals surface area contributed by atoms with E-state index in [9.17, 15) is 4.79 Å². The van der Waals surface area contributed by atoms with Crippen molar-refractivity contribution in [2.45, 2.75) is 11.8 Å². The third kappa shape index (κ3) is 3.92. The van der Waals surface area contributed by atoms with E-state index in [0.717, 1.165) is 0 Å². The zero-order valence-corrected chi connectivity index (χ0v) is 8.11. The molecule has 0 aliphatic carbocycles. The van der Waals surface area contributed by atoms with Crippen molar-refractivity contribution in [2.75, 3.05) is 5.33 Å². The third-order valence-electron chi connectivity index (χ3n) is 0.625. The number of rotatable bonds is 3. The van der Waals surface area contributed by atoms with Crippen LogP contribution in [0.5, 0.6) is 0 Å². The first-order valence-corrected chi connectivity index (χ1v) is 4.44. The summed E-state index contributed by atoms with van der Waals surface area (Å²) in [4.78, 5) is 10.4. The van der Waals surface area contributed by atoms with E-state index >= 15 is 0 Å². The average molecular weight is 259 g/mol. The predicted molar refractivity (Wildman–Crippen MR) is 42.6 cm³/mol. The van der Waals surface area contributed by atoms with Crippen molar-refractivity contribution >= 4 is 37.8 Å². The van der Waals surface area contributed by atoms with Gasteiger partial charge < -0.3 is 4.74 Å². The highest BCUT2D eigenvalue weighted by atomic mass is 79.9. The summed E-state index contributed by atoms with van der Waals surface area (Å²) in [5, 5.41) is 0.569. The maximum atomic E-state index is 10.6. The molecule has 0 aliphatic rings. The first-order valence-electron chi connectivity index (χ1n) is 2.40. The molecule has 0 N–H and O–H groups in total. The fourth-order valence-corrected chi connectivity index (χ4v) is 0.625. The Bertz CT molecular complexity index is 95.0. The number of carbonyl (C=O) groups is 1. The van der Waals surface area contributed by atoms with E-state index in [-0.39, 0.29) is 10.8 Å². The second kappa shape index (κ2) is 5.23. The smallest absolute Gasteiger partial charge is 0.320 e. The van der Waals surface area contributed by atoms with Gasteiger partial charge in [-0.3, -0.25) is 4.79 Å². The van der Waals surface area contributed by atoms with Crippen LogP contribution in [0.2, 0.25) is 0 Å². The largest absolute Gasteiger partial charge is 0.458 e. The summed E-state index contributed by atoms with van der Waals surface area (Å²) in [6, 6.07) is 0. The van der Waals surface area contributed by atoms with Crippen molar-refractivity contribution in [1.82, 2.24) is 0 Å². The third-order valence-corrected chi connectivity index (χ3v) is 2.84. The summed E-state index contributed by atoms with van der Waals surface area (Å²) in [5.41, 5.74) is 0. The minimum absolute atomic E-state index is 0.242. The van der Waals surface area contributed by atoms with Gasteiger partial charge >= 0.3 is 5.97 Å². The van der Waals surface area contributed by atoms with Gasteiger partial charge in [-0.2, -0.15) is 0 Å². The monoisotopic (exact) mass is 257 g/mol. The van der Waals surface area contributed by atoms with Gasteiger partial charge in [-0.25, -0.2) is 0 Å². The molecule has 9 heavy (non-hydrogen) atoms. The summed E-state index contributed by atoms with van der Waals surface area (Å²) < 4.78 is 4.55. The summed E-state index contributed by atoms with van der Waals surface area (Å²) in [7, 11) is 0. The van der Waals surface area contributed by atoms with Crippen LogP contribution in [0.15, 0.2) is 0 Å². The fourth-order valence-electron chi connectivity index (χ4n) is 0.253. The van der Waals surface area contributed by atoms with Crippen LogP contribution in [-0.4, -0.2) is 16.1 Å². The number of ether oxygens (including phenoxy) is 1. The summed E-state index contributed by atoms with van der Waals surface area (Å²) in [6.07, 6.45) is 0. The molecule has 4 heteroatoms. The maximum Gasteiger partial charge on any atom is 0.320 e. The maximum absolute atomic E-state index is 10.6. The zero-order valence-electron chi connectivity index (χ0n) is 4.93. The normalized spacial score (nSPS) is 12.8. The SMILES string of the molecule is C[CH]OC(=O)C(Br)CBr. The van der Waals surface area contributed by atoms with Gasteiger partial charge in [-0.05, 0) is 6.92 Å². The highest BCUT2D eigenvalue weighted by molar-refractivity contribution is 9.12. The highest BCUT2D eigenvalue weighted by Crippen LogP contribution is 2.05. The molecular formula is C5H7Br2O2. The second-order valence-electron chi connectivity index (χ2n) is 1.29. The topological polar surface area (TPSA) is 26.3 Å². The van der Waals surface area contributed by atoms with Crippen molar-refractivity contribution in [2.24, 2.45) is 0 Å². The summed E-state index contributed by atoms with van der Waals surface area (Å²) in [6.45, 7) is 3.02. The van der Waals surface area contributed by atoms with Crippen LogP contribution >= 0.6 is 31.9 Å². The standard InChI is InChI=1S/C5H7Br2O2/c1-2-9-5(8)4(7)3-6/h2,4H,3H2,1H3. The van der Waals surface area contributed by atoms with Gasteiger partial charge in [-0.15, -0.1) is 0 Å². The number of hydrogen-bond acceptors (Lipinski definition) is 2. The molecule has 1 atom stereocenters. The highest BCUT2D eigenvalue weighted by Gasteiger charge is 2.12. The molecule has 0 bridgehead atoms. The Kier molecular flexibility index (Phi) is 5.48. The number of hydrogen-bond donors (Lipinski definition) is 0. The molecule has 1 radical (unpaired) electrons. The van der Waals surface area contributed by atoms with Gasteiger partial charge in [-0.1, -0.05) is 31.9 Å². The van der Waals surface area contributed by atoms with Crippen molar-refractivity contribution in [3.05, 3.63) is 6.61 Å². The lowest BCUT2D eigenvalue weighted by atomic mass is 10.5. The molecule has 0 amide bonds. The first-order chi connectivity index (χ1) is 4.22. The van der Waals surface area contributed by atoms with Crippen LogP contribution in [0, 0.1) is 6.61 Å². The van der Waals surface area contributed by atoms with E-state index in [1.165, 1.54) is 6.61 Å². The Morgan fingerprint density at radius 1 is 1.89 bits per heavy atom.